The highest BCUT2D eigenvalue weighted by atomic mass is 35.5. The maximum absolute atomic E-state index is 13.2. The number of sulfone groups is 1. The Bertz CT molecular complexity index is 1080. The Morgan fingerprint density at radius 2 is 1.93 bits per heavy atom. The molecule has 2 unspecified atom stereocenters. The molecule has 2 fully saturated rings. The standard InChI is InChI=1S/C19H21ClN4O3S/c1-11-16(17(20)24(22-11)13-8-9-28(26,27)10-13)18-21-15-5-3-2-4-14(15)19(25)23(18)12-6-7-12/h2-5,12-13,18,21H,6-10H2,1H3. The van der Waals surface area contributed by atoms with Gasteiger partial charge in [-0.25, -0.2) is 13.1 Å². The summed E-state index contributed by atoms with van der Waals surface area (Å²) in [7, 11) is -3.05. The highest BCUT2D eigenvalue weighted by Crippen LogP contribution is 2.44. The molecule has 2 atom stereocenters. The minimum absolute atomic E-state index is 0.00601. The number of rotatable bonds is 3. The number of aromatic nitrogens is 2. The number of halogens is 1. The molecule has 1 N–H and O–H groups in total. The topological polar surface area (TPSA) is 84.3 Å². The Balaban J connectivity index is 1.58. The number of fused-ring (bicyclic) bond motifs is 1. The molecule has 9 heteroatoms. The quantitative estimate of drug-likeness (QED) is 0.825. The van der Waals surface area contributed by atoms with Crippen LogP contribution in [-0.2, 0) is 9.84 Å². The van der Waals surface area contributed by atoms with E-state index in [9.17, 15) is 13.2 Å². The predicted octanol–water partition coefficient (Wildman–Crippen LogP) is 2.93. The van der Waals surface area contributed by atoms with Crippen LogP contribution >= 0.6 is 11.6 Å². The smallest absolute Gasteiger partial charge is 0.258 e. The highest BCUT2D eigenvalue weighted by Gasteiger charge is 2.44. The summed E-state index contributed by atoms with van der Waals surface area (Å²) in [5, 5.41) is 8.45. The summed E-state index contributed by atoms with van der Waals surface area (Å²) in [6, 6.07) is 7.40. The van der Waals surface area contributed by atoms with Crippen molar-refractivity contribution < 1.29 is 13.2 Å². The van der Waals surface area contributed by atoms with Gasteiger partial charge in [0.2, 0.25) is 0 Å². The van der Waals surface area contributed by atoms with Crippen LogP contribution in [0.2, 0.25) is 5.15 Å². The van der Waals surface area contributed by atoms with E-state index in [1.54, 1.807) is 4.68 Å². The monoisotopic (exact) mass is 420 g/mol. The van der Waals surface area contributed by atoms with Gasteiger partial charge in [-0.3, -0.25) is 4.79 Å². The van der Waals surface area contributed by atoms with Crippen molar-refractivity contribution in [1.82, 2.24) is 14.7 Å². The van der Waals surface area contributed by atoms with Crippen LogP contribution in [0.5, 0.6) is 0 Å². The minimum Gasteiger partial charge on any atom is -0.361 e. The summed E-state index contributed by atoms with van der Waals surface area (Å²) in [5.41, 5.74) is 2.90. The normalized spacial score (nSPS) is 26.2. The van der Waals surface area contributed by atoms with Crippen molar-refractivity contribution in [2.24, 2.45) is 0 Å². The van der Waals surface area contributed by atoms with E-state index in [1.807, 2.05) is 36.1 Å². The van der Waals surface area contributed by atoms with E-state index in [0.29, 0.717) is 22.8 Å². The molecule has 1 aromatic heterocycles. The lowest BCUT2D eigenvalue weighted by molar-refractivity contribution is 0.0666. The molecule has 1 aliphatic carbocycles. The first-order chi connectivity index (χ1) is 13.4. The SMILES string of the molecule is Cc1nn(C2CCS(=O)(=O)C2)c(Cl)c1C1Nc2ccccc2C(=O)N1C1CC1. The van der Waals surface area contributed by atoms with Crippen molar-refractivity contribution in [2.45, 2.75) is 44.4 Å². The zero-order valence-electron chi connectivity index (χ0n) is 15.4. The van der Waals surface area contributed by atoms with Crippen LogP contribution in [0.25, 0.3) is 0 Å². The van der Waals surface area contributed by atoms with Crippen LogP contribution < -0.4 is 5.32 Å². The van der Waals surface area contributed by atoms with E-state index in [-0.39, 0.29) is 29.5 Å². The van der Waals surface area contributed by atoms with Gasteiger partial charge < -0.3 is 10.2 Å². The summed E-state index contributed by atoms with van der Waals surface area (Å²) < 4.78 is 25.4. The molecule has 5 rings (SSSR count). The molecule has 0 spiro atoms. The Hall–Kier alpha value is -2.06. The van der Waals surface area contributed by atoms with Crippen LogP contribution in [0.4, 0.5) is 5.69 Å². The van der Waals surface area contributed by atoms with E-state index >= 15 is 0 Å². The van der Waals surface area contributed by atoms with Crippen molar-refractivity contribution in [2.75, 3.05) is 16.8 Å². The van der Waals surface area contributed by atoms with E-state index in [4.69, 9.17) is 11.6 Å². The third kappa shape index (κ3) is 2.81. The second-order valence-corrected chi connectivity index (χ2v) is 10.4. The maximum Gasteiger partial charge on any atom is 0.258 e. The zero-order valence-corrected chi connectivity index (χ0v) is 17.0. The average molecular weight is 421 g/mol. The molecule has 7 nitrogen and oxygen atoms in total. The summed E-state index contributed by atoms with van der Waals surface area (Å²) in [5.74, 6) is 0.206. The molecule has 2 aromatic rings. The number of hydrogen-bond acceptors (Lipinski definition) is 5. The lowest BCUT2D eigenvalue weighted by Gasteiger charge is -2.38. The first-order valence-corrected chi connectivity index (χ1v) is 11.7. The average Bonchev–Trinajstić information content (AvgIpc) is 3.35. The molecule has 0 bridgehead atoms. The lowest BCUT2D eigenvalue weighted by Crippen LogP contribution is -2.44. The Labute approximate surface area is 168 Å². The molecule has 1 aromatic carbocycles. The van der Waals surface area contributed by atoms with Crippen molar-refractivity contribution in [3.05, 3.63) is 46.2 Å². The van der Waals surface area contributed by atoms with E-state index < -0.39 is 16.0 Å². The Morgan fingerprint density at radius 3 is 2.61 bits per heavy atom. The van der Waals surface area contributed by atoms with E-state index in [1.165, 1.54) is 0 Å². The van der Waals surface area contributed by atoms with Crippen molar-refractivity contribution in [3.63, 3.8) is 0 Å². The molecule has 3 aliphatic rings. The third-order valence-corrected chi connectivity index (χ3v) is 7.93. The van der Waals surface area contributed by atoms with Crippen LogP contribution in [0.1, 0.15) is 53.1 Å². The van der Waals surface area contributed by atoms with Gasteiger partial charge in [0.1, 0.15) is 11.3 Å². The minimum atomic E-state index is -3.05. The molecular weight excluding hydrogens is 400 g/mol. The van der Waals surface area contributed by atoms with E-state index in [2.05, 4.69) is 10.4 Å². The highest BCUT2D eigenvalue weighted by molar-refractivity contribution is 7.91. The van der Waals surface area contributed by atoms with Crippen LogP contribution in [0.3, 0.4) is 0 Å². The largest absolute Gasteiger partial charge is 0.361 e. The van der Waals surface area contributed by atoms with Crippen molar-refractivity contribution in [3.8, 4) is 0 Å². The fourth-order valence-electron chi connectivity index (χ4n) is 4.26. The number of nitrogens with one attached hydrogen (secondary N) is 1. The van der Waals surface area contributed by atoms with E-state index in [0.717, 1.165) is 24.1 Å². The summed E-state index contributed by atoms with van der Waals surface area (Å²) in [6.45, 7) is 1.86. The molecule has 3 heterocycles. The molecule has 28 heavy (non-hydrogen) atoms. The summed E-state index contributed by atoms with van der Waals surface area (Å²) >= 11 is 6.73. The molecule has 1 saturated carbocycles. The fraction of sp³-hybridized carbons (Fsp3) is 0.474. The Morgan fingerprint density at radius 1 is 1.18 bits per heavy atom. The molecule has 0 radical (unpaired) electrons. The summed E-state index contributed by atoms with van der Waals surface area (Å²) in [6.07, 6.45) is 2.04. The number of hydrogen-bond donors (Lipinski definition) is 1. The number of para-hydroxylation sites is 1. The first-order valence-electron chi connectivity index (χ1n) is 9.49. The Kier molecular flexibility index (Phi) is 4.00. The van der Waals surface area contributed by atoms with Crippen molar-refractivity contribution >= 4 is 33.0 Å². The van der Waals surface area contributed by atoms with Gasteiger partial charge in [-0.2, -0.15) is 5.10 Å². The summed E-state index contributed by atoms with van der Waals surface area (Å²) in [4.78, 5) is 15.1. The van der Waals surface area contributed by atoms with Crippen LogP contribution in [0.15, 0.2) is 24.3 Å². The van der Waals surface area contributed by atoms with Crippen LogP contribution in [-0.4, -0.2) is 46.6 Å². The van der Waals surface area contributed by atoms with Crippen molar-refractivity contribution in [1.29, 1.82) is 0 Å². The second kappa shape index (κ2) is 6.22. The number of carbonyl (C=O) groups is 1. The molecule has 1 saturated heterocycles. The van der Waals surface area contributed by atoms with Gasteiger partial charge in [0.15, 0.2) is 9.84 Å². The number of anilines is 1. The van der Waals surface area contributed by atoms with Gasteiger partial charge in [0.25, 0.3) is 5.91 Å². The van der Waals surface area contributed by atoms with Crippen LogP contribution in [0, 0.1) is 6.92 Å². The number of benzene rings is 1. The predicted molar refractivity (Wildman–Crippen MR) is 106 cm³/mol. The number of amides is 1. The maximum atomic E-state index is 13.2. The molecule has 1 amide bonds. The number of aryl methyl sites for hydroxylation is 1. The van der Waals surface area contributed by atoms with Gasteiger partial charge in [0.05, 0.1) is 34.4 Å². The third-order valence-electron chi connectivity index (χ3n) is 5.80. The fourth-order valence-corrected chi connectivity index (χ4v) is 6.37. The van der Waals surface area contributed by atoms with Gasteiger partial charge in [-0.1, -0.05) is 23.7 Å². The van der Waals surface area contributed by atoms with Gasteiger partial charge in [-0.05, 0) is 38.3 Å². The molecular formula is C19H21ClN4O3S. The van der Waals surface area contributed by atoms with Gasteiger partial charge in [-0.15, -0.1) is 0 Å². The lowest BCUT2D eigenvalue weighted by atomic mass is 10.0. The number of carbonyl (C=O) groups excluding carboxylic acids is 1. The number of nitrogens with zero attached hydrogens (tertiary/aromatic N) is 3. The molecule has 2 aliphatic heterocycles. The van der Waals surface area contributed by atoms with Gasteiger partial charge >= 0.3 is 0 Å². The second-order valence-electron chi connectivity index (χ2n) is 7.83. The zero-order chi connectivity index (χ0) is 19.6. The first kappa shape index (κ1) is 18.0. The van der Waals surface area contributed by atoms with Gasteiger partial charge in [0, 0.05) is 11.7 Å². The molecule has 148 valence electrons.